The summed E-state index contributed by atoms with van der Waals surface area (Å²) in [5.74, 6) is -1.34. The monoisotopic (exact) mass is 240 g/mol. The molecular formula is C11H13FN2O3. The van der Waals surface area contributed by atoms with Gasteiger partial charge in [-0.1, -0.05) is 0 Å². The van der Waals surface area contributed by atoms with Crippen molar-refractivity contribution >= 4 is 11.6 Å². The zero-order chi connectivity index (χ0) is 13.2. The highest BCUT2D eigenvalue weighted by Crippen LogP contribution is 2.20. The summed E-state index contributed by atoms with van der Waals surface area (Å²) in [5.41, 5.74) is -1.20. The molecule has 0 saturated heterocycles. The van der Waals surface area contributed by atoms with E-state index in [0.29, 0.717) is 0 Å². The van der Waals surface area contributed by atoms with Crippen LogP contribution in [-0.4, -0.2) is 16.4 Å². The van der Waals surface area contributed by atoms with E-state index >= 15 is 0 Å². The number of carbonyl (C=O) groups excluding carboxylic acids is 1. The average molecular weight is 240 g/mol. The highest BCUT2D eigenvalue weighted by molar-refractivity contribution is 5.98. The Labute approximate surface area is 97.8 Å². The molecule has 1 N–H and O–H groups in total. The Morgan fingerprint density at radius 2 is 2.00 bits per heavy atom. The minimum Gasteiger partial charge on any atom is -0.347 e. The predicted molar refractivity (Wildman–Crippen MR) is 60.3 cm³/mol. The Morgan fingerprint density at radius 3 is 2.47 bits per heavy atom. The second-order valence-electron chi connectivity index (χ2n) is 4.62. The molecule has 0 spiro atoms. The quantitative estimate of drug-likeness (QED) is 0.636. The normalized spacial score (nSPS) is 11.1. The van der Waals surface area contributed by atoms with Gasteiger partial charge in [-0.15, -0.1) is 0 Å². The Balaban J connectivity index is 3.14. The lowest BCUT2D eigenvalue weighted by Crippen LogP contribution is -2.40. The van der Waals surface area contributed by atoms with E-state index < -0.39 is 27.9 Å². The lowest BCUT2D eigenvalue weighted by atomic mass is 10.1. The van der Waals surface area contributed by atoms with E-state index in [1.807, 2.05) is 0 Å². The zero-order valence-electron chi connectivity index (χ0n) is 9.78. The minimum absolute atomic E-state index is 0.147. The van der Waals surface area contributed by atoms with E-state index in [0.717, 1.165) is 18.2 Å². The molecule has 0 atom stereocenters. The highest BCUT2D eigenvalue weighted by Gasteiger charge is 2.23. The Morgan fingerprint density at radius 1 is 1.41 bits per heavy atom. The molecule has 1 amide bonds. The maximum absolute atomic E-state index is 12.9. The van der Waals surface area contributed by atoms with Crippen LogP contribution in [0.15, 0.2) is 18.2 Å². The fourth-order valence-electron chi connectivity index (χ4n) is 1.26. The van der Waals surface area contributed by atoms with Crippen LogP contribution in [0.1, 0.15) is 31.1 Å². The smallest absolute Gasteiger partial charge is 0.285 e. The van der Waals surface area contributed by atoms with Gasteiger partial charge in [-0.25, -0.2) is 4.39 Å². The number of carbonyl (C=O) groups is 1. The third kappa shape index (κ3) is 3.51. The lowest BCUT2D eigenvalue weighted by Gasteiger charge is -2.20. The number of nitro benzene ring substituents is 1. The first-order chi connectivity index (χ1) is 7.70. The molecule has 0 radical (unpaired) electrons. The van der Waals surface area contributed by atoms with Crippen molar-refractivity contribution in [1.29, 1.82) is 0 Å². The summed E-state index contributed by atoms with van der Waals surface area (Å²) in [6.07, 6.45) is 0. The van der Waals surface area contributed by atoms with Crippen molar-refractivity contribution in [3.05, 3.63) is 39.7 Å². The van der Waals surface area contributed by atoms with Crippen molar-refractivity contribution in [2.75, 3.05) is 0 Å². The summed E-state index contributed by atoms with van der Waals surface area (Å²) in [6, 6.07) is 2.86. The summed E-state index contributed by atoms with van der Waals surface area (Å²) in [5, 5.41) is 13.3. The van der Waals surface area contributed by atoms with Crippen molar-refractivity contribution in [3.8, 4) is 0 Å². The van der Waals surface area contributed by atoms with Crippen LogP contribution in [0.25, 0.3) is 0 Å². The SMILES string of the molecule is CC(C)(C)NC(=O)c1ccc(F)cc1[N+](=O)[O-]. The maximum atomic E-state index is 12.9. The van der Waals surface area contributed by atoms with Crippen molar-refractivity contribution in [3.63, 3.8) is 0 Å². The van der Waals surface area contributed by atoms with Gasteiger partial charge in [0.1, 0.15) is 11.4 Å². The van der Waals surface area contributed by atoms with Gasteiger partial charge in [0.05, 0.1) is 11.0 Å². The topological polar surface area (TPSA) is 72.2 Å². The second-order valence-corrected chi connectivity index (χ2v) is 4.62. The molecule has 0 aliphatic rings. The zero-order valence-corrected chi connectivity index (χ0v) is 9.78. The van der Waals surface area contributed by atoms with Crippen molar-refractivity contribution < 1.29 is 14.1 Å². The van der Waals surface area contributed by atoms with Gasteiger partial charge >= 0.3 is 0 Å². The predicted octanol–water partition coefficient (Wildman–Crippen LogP) is 2.26. The van der Waals surface area contributed by atoms with Crippen molar-refractivity contribution in [2.45, 2.75) is 26.3 Å². The van der Waals surface area contributed by atoms with Gasteiger partial charge in [-0.05, 0) is 32.9 Å². The molecule has 0 heterocycles. The summed E-state index contributed by atoms with van der Waals surface area (Å²) in [7, 11) is 0. The molecule has 17 heavy (non-hydrogen) atoms. The van der Waals surface area contributed by atoms with Crippen LogP contribution in [0.2, 0.25) is 0 Å². The fraction of sp³-hybridized carbons (Fsp3) is 0.364. The summed E-state index contributed by atoms with van der Waals surface area (Å²) in [4.78, 5) is 21.7. The fourth-order valence-corrected chi connectivity index (χ4v) is 1.26. The molecule has 6 heteroatoms. The third-order valence-corrected chi connectivity index (χ3v) is 1.89. The van der Waals surface area contributed by atoms with Gasteiger partial charge in [0.15, 0.2) is 0 Å². The first kappa shape index (κ1) is 13.1. The van der Waals surface area contributed by atoms with Gasteiger partial charge in [0, 0.05) is 5.54 Å². The van der Waals surface area contributed by atoms with Crippen LogP contribution >= 0.6 is 0 Å². The Bertz CT molecular complexity index is 466. The van der Waals surface area contributed by atoms with Crippen molar-refractivity contribution in [2.24, 2.45) is 0 Å². The van der Waals surface area contributed by atoms with E-state index in [1.54, 1.807) is 20.8 Å². The molecular weight excluding hydrogens is 227 g/mol. The Kier molecular flexibility index (Phi) is 3.45. The molecule has 0 aliphatic heterocycles. The molecule has 0 saturated carbocycles. The van der Waals surface area contributed by atoms with E-state index in [4.69, 9.17) is 0 Å². The molecule has 0 bridgehead atoms. The minimum atomic E-state index is -0.777. The van der Waals surface area contributed by atoms with Crippen LogP contribution < -0.4 is 5.32 Å². The number of hydrogen-bond acceptors (Lipinski definition) is 3. The third-order valence-electron chi connectivity index (χ3n) is 1.89. The first-order valence-corrected chi connectivity index (χ1v) is 4.97. The van der Waals surface area contributed by atoms with Crippen LogP contribution in [-0.2, 0) is 0 Å². The molecule has 0 aromatic heterocycles. The number of rotatable bonds is 2. The van der Waals surface area contributed by atoms with Crippen LogP contribution in [0.5, 0.6) is 0 Å². The lowest BCUT2D eigenvalue weighted by molar-refractivity contribution is -0.385. The van der Waals surface area contributed by atoms with E-state index in [1.165, 1.54) is 0 Å². The molecule has 1 aromatic rings. The van der Waals surface area contributed by atoms with Crippen LogP contribution in [0, 0.1) is 15.9 Å². The average Bonchev–Trinajstić information content (AvgIpc) is 2.14. The number of nitro groups is 1. The summed E-state index contributed by atoms with van der Waals surface area (Å²) < 4.78 is 12.9. The van der Waals surface area contributed by atoms with E-state index in [-0.39, 0.29) is 5.56 Å². The number of hydrogen-bond donors (Lipinski definition) is 1. The molecule has 0 aliphatic carbocycles. The van der Waals surface area contributed by atoms with Crippen LogP contribution in [0.3, 0.4) is 0 Å². The molecule has 0 fully saturated rings. The van der Waals surface area contributed by atoms with Gasteiger partial charge in [0.2, 0.25) is 0 Å². The van der Waals surface area contributed by atoms with Crippen LogP contribution in [0.4, 0.5) is 10.1 Å². The van der Waals surface area contributed by atoms with E-state index in [9.17, 15) is 19.3 Å². The Hall–Kier alpha value is -1.98. The number of benzene rings is 1. The molecule has 5 nitrogen and oxygen atoms in total. The molecule has 1 aromatic carbocycles. The van der Waals surface area contributed by atoms with Gasteiger partial charge < -0.3 is 5.32 Å². The van der Waals surface area contributed by atoms with Gasteiger partial charge in [-0.3, -0.25) is 14.9 Å². The number of halogens is 1. The first-order valence-electron chi connectivity index (χ1n) is 4.97. The van der Waals surface area contributed by atoms with Gasteiger partial charge in [-0.2, -0.15) is 0 Å². The number of amides is 1. The van der Waals surface area contributed by atoms with E-state index in [2.05, 4.69) is 5.32 Å². The largest absolute Gasteiger partial charge is 0.347 e. The molecule has 0 unspecified atom stereocenters. The number of nitrogens with one attached hydrogen (secondary N) is 1. The highest BCUT2D eigenvalue weighted by atomic mass is 19.1. The second kappa shape index (κ2) is 4.48. The standard InChI is InChI=1S/C11H13FN2O3/c1-11(2,3)13-10(15)8-5-4-7(12)6-9(8)14(16)17/h4-6H,1-3H3,(H,13,15). The molecule has 92 valence electrons. The molecule has 1 rings (SSSR count). The van der Waals surface area contributed by atoms with Gasteiger partial charge in [0.25, 0.3) is 11.6 Å². The maximum Gasteiger partial charge on any atom is 0.285 e. The summed E-state index contributed by atoms with van der Waals surface area (Å²) in [6.45, 7) is 5.25. The number of nitrogens with zero attached hydrogens (tertiary/aromatic N) is 1. The summed E-state index contributed by atoms with van der Waals surface area (Å²) >= 11 is 0. The van der Waals surface area contributed by atoms with Crippen molar-refractivity contribution in [1.82, 2.24) is 5.32 Å².